The van der Waals surface area contributed by atoms with E-state index in [2.05, 4.69) is 0 Å². The topological polar surface area (TPSA) is 81.9 Å². The van der Waals surface area contributed by atoms with Crippen LogP contribution in [0.5, 0.6) is 11.5 Å². The van der Waals surface area contributed by atoms with Gasteiger partial charge in [-0.25, -0.2) is 0 Å². The first kappa shape index (κ1) is 20.6. The van der Waals surface area contributed by atoms with Gasteiger partial charge in [0, 0.05) is 18.7 Å². The SMILES string of the molecule is Cc1cccc(OCCCCN2C(=O)C(C(C)C)Oc3ccc([N+](=O)[O-])cc32)c1. The Morgan fingerprint density at radius 1 is 1.21 bits per heavy atom. The van der Waals surface area contributed by atoms with E-state index in [0.717, 1.165) is 17.7 Å². The summed E-state index contributed by atoms with van der Waals surface area (Å²) in [6.45, 7) is 6.85. The maximum atomic E-state index is 12.9. The van der Waals surface area contributed by atoms with Crippen molar-refractivity contribution < 1.29 is 19.2 Å². The molecule has 0 bridgehead atoms. The van der Waals surface area contributed by atoms with Crippen molar-refractivity contribution in [2.24, 2.45) is 5.92 Å². The van der Waals surface area contributed by atoms with Gasteiger partial charge in [-0.15, -0.1) is 0 Å². The number of carbonyl (C=O) groups is 1. The standard InChI is InChI=1S/C22H26N2O5/c1-15(2)21-22(25)23(19-14-17(24(26)27)9-10-20(19)29-21)11-4-5-12-28-18-8-6-7-16(3)13-18/h6-10,13-15,21H,4-5,11-12H2,1-3H3. The maximum Gasteiger partial charge on any atom is 0.271 e. The number of nitro groups is 1. The van der Waals surface area contributed by atoms with Crippen molar-refractivity contribution in [3.8, 4) is 11.5 Å². The van der Waals surface area contributed by atoms with Gasteiger partial charge in [0.1, 0.15) is 11.5 Å². The number of benzene rings is 2. The molecule has 3 rings (SSSR count). The zero-order chi connectivity index (χ0) is 21.0. The molecule has 1 amide bonds. The van der Waals surface area contributed by atoms with Crippen LogP contribution in [0.15, 0.2) is 42.5 Å². The molecule has 1 aliphatic rings. The van der Waals surface area contributed by atoms with E-state index >= 15 is 0 Å². The lowest BCUT2D eigenvalue weighted by atomic mass is 10.0. The minimum Gasteiger partial charge on any atom is -0.494 e. The third-order valence-corrected chi connectivity index (χ3v) is 4.85. The second-order valence-corrected chi connectivity index (χ2v) is 7.55. The fourth-order valence-corrected chi connectivity index (χ4v) is 3.31. The van der Waals surface area contributed by atoms with Crippen LogP contribution in [0.4, 0.5) is 11.4 Å². The molecule has 0 aromatic heterocycles. The second kappa shape index (κ2) is 8.94. The Bertz CT molecular complexity index is 897. The Morgan fingerprint density at radius 3 is 2.69 bits per heavy atom. The van der Waals surface area contributed by atoms with Crippen molar-refractivity contribution in [2.75, 3.05) is 18.1 Å². The molecule has 29 heavy (non-hydrogen) atoms. The predicted octanol–water partition coefficient (Wildman–Crippen LogP) is 4.51. The Hall–Kier alpha value is -3.09. The van der Waals surface area contributed by atoms with Crippen molar-refractivity contribution in [2.45, 2.75) is 39.7 Å². The Kier molecular flexibility index (Phi) is 6.36. The molecule has 154 valence electrons. The van der Waals surface area contributed by atoms with Crippen molar-refractivity contribution in [1.82, 2.24) is 0 Å². The molecule has 0 radical (unpaired) electrons. The fourth-order valence-electron chi connectivity index (χ4n) is 3.31. The average Bonchev–Trinajstić information content (AvgIpc) is 2.68. The summed E-state index contributed by atoms with van der Waals surface area (Å²) in [4.78, 5) is 25.2. The van der Waals surface area contributed by atoms with Gasteiger partial charge >= 0.3 is 0 Å². The van der Waals surface area contributed by atoms with Gasteiger partial charge in [0.15, 0.2) is 6.10 Å². The van der Waals surface area contributed by atoms with E-state index in [-0.39, 0.29) is 17.5 Å². The van der Waals surface area contributed by atoms with Gasteiger partial charge in [0.25, 0.3) is 11.6 Å². The molecule has 0 aliphatic carbocycles. The molecule has 1 unspecified atom stereocenters. The Balaban J connectivity index is 1.67. The van der Waals surface area contributed by atoms with E-state index < -0.39 is 11.0 Å². The van der Waals surface area contributed by atoms with E-state index in [4.69, 9.17) is 9.47 Å². The van der Waals surface area contributed by atoms with Crippen LogP contribution < -0.4 is 14.4 Å². The molecular formula is C22H26N2O5. The van der Waals surface area contributed by atoms with E-state index in [1.54, 1.807) is 11.0 Å². The van der Waals surface area contributed by atoms with Crippen molar-refractivity contribution in [3.63, 3.8) is 0 Å². The van der Waals surface area contributed by atoms with Crippen LogP contribution in [0.3, 0.4) is 0 Å². The normalized spacial score (nSPS) is 15.8. The van der Waals surface area contributed by atoms with Crippen LogP contribution in [0, 0.1) is 23.0 Å². The minimum absolute atomic E-state index is 0.00186. The Morgan fingerprint density at radius 2 is 2.00 bits per heavy atom. The number of aryl methyl sites for hydroxylation is 1. The lowest BCUT2D eigenvalue weighted by Gasteiger charge is -2.35. The number of ether oxygens (including phenoxy) is 2. The average molecular weight is 398 g/mol. The molecule has 0 saturated carbocycles. The first-order chi connectivity index (χ1) is 13.9. The lowest BCUT2D eigenvalue weighted by molar-refractivity contribution is -0.384. The van der Waals surface area contributed by atoms with Gasteiger partial charge in [0.2, 0.25) is 0 Å². The summed E-state index contributed by atoms with van der Waals surface area (Å²) in [7, 11) is 0. The van der Waals surface area contributed by atoms with Gasteiger partial charge in [-0.1, -0.05) is 26.0 Å². The predicted molar refractivity (Wildman–Crippen MR) is 111 cm³/mol. The number of hydrogen-bond acceptors (Lipinski definition) is 5. The number of hydrogen-bond donors (Lipinski definition) is 0. The first-order valence-electron chi connectivity index (χ1n) is 9.83. The lowest BCUT2D eigenvalue weighted by Crippen LogP contribution is -2.48. The largest absolute Gasteiger partial charge is 0.494 e. The highest BCUT2D eigenvalue weighted by Crippen LogP contribution is 2.38. The number of carbonyl (C=O) groups excluding carboxylic acids is 1. The second-order valence-electron chi connectivity index (χ2n) is 7.55. The number of anilines is 1. The summed E-state index contributed by atoms with van der Waals surface area (Å²) < 4.78 is 11.6. The summed E-state index contributed by atoms with van der Waals surface area (Å²) in [6, 6.07) is 12.2. The van der Waals surface area contributed by atoms with Crippen LogP contribution in [-0.4, -0.2) is 30.1 Å². The number of non-ortho nitro benzene ring substituents is 1. The van der Waals surface area contributed by atoms with E-state index in [9.17, 15) is 14.9 Å². The quantitative estimate of drug-likeness (QED) is 0.371. The zero-order valence-corrected chi connectivity index (χ0v) is 17.0. The Labute approximate surface area is 170 Å². The third kappa shape index (κ3) is 4.85. The number of nitro benzene ring substituents is 1. The smallest absolute Gasteiger partial charge is 0.271 e. The van der Waals surface area contributed by atoms with Gasteiger partial charge in [-0.3, -0.25) is 14.9 Å². The number of rotatable bonds is 8. The number of nitrogens with zero attached hydrogens (tertiary/aromatic N) is 2. The van der Waals surface area contributed by atoms with Crippen LogP contribution in [0.25, 0.3) is 0 Å². The van der Waals surface area contributed by atoms with E-state index in [0.29, 0.717) is 31.0 Å². The highest BCUT2D eigenvalue weighted by molar-refractivity contribution is 6.00. The monoisotopic (exact) mass is 398 g/mol. The molecular weight excluding hydrogens is 372 g/mol. The molecule has 0 fully saturated rings. The van der Waals surface area contributed by atoms with Crippen LogP contribution in [-0.2, 0) is 4.79 Å². The number of fused-ring (bicyclic) bond motifs is 1. The van der Waals surface area contributed by atoms with Crippen molar-refractivity contribution >= 4 is 17.3 Å². The third-order valence-electron chi connectivity index (χ3n) is 4.85. The molecule has 0 spiro atoms. The van der Waals surface area contributed by atoms with Crippen LogP contribution >= 0.6 is 0 Å². The minimum atomic E-state index is -0.590. The fraction of sp³-hybridized carbons (Fsp3) is 0.409. The molecule has 7 heteroatoms. The summed E-state index contributed by atoms with van der Waals surface area (Å²) in [5.41, 5.74) is 1.54. The molecule has 7 nitrogen and oxygen atoms in total. The van der Waals surface area contributed by atoms with Gasteiger partial charge < -0.3 is 14.4 Å². The highest BCUT2D eigenvalue weighted by Gasteiger charge is 2.36. The molecule has 1 aliphatic heterocycles. The molecule has 1 heterocycles. The number of amides is 1. The molecule has 1 atom stereocenters. The number of unbranched alkanes of at least 4 members (excludes halogenated alkanes) is 1. The summed E-state index contributed by atoms with van der Waals surface area (Å²) in [5, 5.41) is 11.2. The van der Waals surface area contributed by atoms with Crippen LogP contribution in [0.1, 0.15) is 32.3 Å². The highest BCUT2D eigenvalue weighted by atomic mass is 16.6. The van der Waals surface area contributed by atoms with Gasteiger partial charge in [-0.05, 0) is 49.4 Å². The summed E-state index contributed by atoms with van der Waals surface area (Å²) in [6.07, 6.45) is 0.882. The molecule has 0 N–H and O–H groups in total. The van der Waals surface area contributed by atoms with Crippen LogP contribution in [0.2, 0.25) is 0 Å². The maximum absolute atomic E-state index is 12.9. The summed E-state index contributed by atoms with van der Waals surface area (Å²) in [5.74, 6) is 1.17. The van der Waals surface area contributed by atoms with Crippen molar-refractivity contribution in [3.05, 3.63) is 58.1 Å². The molecule has 0 saturated heterocycles. The van der Waals surface area contributed by atoms with Crippen molar-refractivity contribution in [1.29, 1.82) is 0 Å². The van der Waals surface area contributed by atoms with Gasteiger partial charge in [-0.2, -0.15) is 0 Å². The van der Waals surface area contributed by atoms with E-state index in [1.165, 1.54) is 12.1 Å². The first-order valence-corrected chi connectivity index (χ1v) is 9.83. The molecule has 2 aromatic carbocycles. The van der Waals surface area contributed by atoms with E-state index in [1.807, 2.05) is 45.0 Å². The summed E-state index contributed by atoms with van der Waals surface area (Å²) >= 11 is 0. The zero-order valence-electron chi connectivity index (χ0n) is 17.0. The molecule has 2 aromatic rings. The van der Waals surface area contributed by atoms with Gasteiger partial charge in [0.05, 0.1) is 17.2 Å².